The molecule has 0 aliphatic heterocycles. The van der Waals surface area contributed by atoms with E-state index in [-0.39, 0.29) is 10.6 Å². The van der Waals surface area contributed by atoms with Gasteiger partial charge in [-0.25, -0.2) is 0 Å². The molecule has 5 heteroatoms. The molecule has 0 saturated heterocycles. The highest BCUT2D eigenvalue weighted by molar-refractivity contribution is 5.65. The van der Waals surface area contributed by atoms with Crippen molar-refractivity contribution >= 4 is 11.4 Å². The van der Waals surface area contributed by atoms with E-state index in [1.165, 1.54) is 6.07 Å². The number of rotatable bonds is 7. The van der Waals surface area contributed by atoms with Gasteiger partial charge in [0.15, 0.2) is 0 Å². The van der Waals surface area contributed by atoms with E-state index in [1.807, 2.05) is 13.0 Å². The Labute approximate surface area is 101 Å². The van der Waals surface area contributed by atoms with Gasteiger partial charge in [-0.05, 0) is 25.3 Å². The van der Waals surface area contributed by atoms with Crippen LogP contribution >= 0.6 is 0 Å². The number of hydrogen-bond acceptors (Lipinski definition) is 4. The molecule has 5 nitrogen and oxygen atoms in total. The smallest absolute Gasteiger partial charge is 0.292 e. The van der Waals surface area contributed by atoms with Gasteiger partial charge < -0.3 is 10.1 Å². The lowest BCUT2D eigenvalue weighted by atomic mass is 10.1. The van der Waals surface area contributed by atoms with E-state index in [9.17, 15) is 10.1 Å². The average Bonchev–Trinajstić information content (AvgIpc) is 2.30. The summed E-state index contributed by atoms with van der Waals surface area (Å²) in [6.07, 6.45) is 1.88. The Morgan fingerprint density at radius 3 is 2.82 bits per heavy atom. The maximum atomic E-state index is 10.9. The van der Waals surface area contributed by atoms with Gasteiger partial charge in [0.1, 0.15) is 5.69 Å². The first-order valence-electron chi connectivity index (χ1n) is 5.63. The monoisotopic (exact) mass is 238 g/mol. The summed E-state index contributed by atoms with van der Waals surface area (Å²) >= 11 is 0. The topological polar surface area (TPSA) is 64.4 Å². The van der Waals surface area contributed by atoms with Crippen molar-refractivity contribution in [2.45, 2.75) is 19.8 Å². The number of nitrogens with zero attached hydrogens (tertiary/aromatic N) is 1. The Kier molecular flexibility index (Phi) is 5.42. The molecular formula is C12H18N2O3. The normalized spacial score (nSPS) is 10.2. The number of aryl methyl sites for hydroxylation is 1. The lowest BCUT2D eigenvalue weighted by Gasteiger charge is -2.09. The summed E-state index contributed by atoms with van der Waals surface area (Å²) in [5.74, 6) is 0. The first-order chi connectivity index (χ1) is 8.16. The number of benzene rings is 1. The second kappa shape index (κ2) is 6.85. The van der Waals surface area contributed by atoms with Crippen molar-refractivity contribution in [1.82, 2.24) is 0 Å². The summed E-state index contributed by atoms with van der Waals surface area (Å²) in [7, 11) is 1.67. The molecular weight excluding hydrogens is 220 g/mol. The zero-order chi connectivity index (χ0) is 12.7. The Hall–Kier alpha value is -1.62. The Bertz CT molecular complexity index is 380. The summed E-state index contributed by atoms with van der Waals surface area (Å²) < 4.78 is 4.94. The van der Waals surface area contributed by atoms with Crippen LogP contribution in [-0.4, -0.2) is 25.2 Å². The molecule has 0 saturated carbocycles. The minimum Gasteiger partial charge on any atom is -0.385 e. The largest absolute Gasteiger partial charge is 0.385 e. The molecule has 0 heterocycles. The molecule has 0 radical (unpaired) electrons. The quantitative estimate of drug-likeness (QED) is 0.450. The molecule has 0 atom stereocenters. The third-order valence-corrected chi connectivity index (χ3v) is 2.52. The average molecular weight is 238 g/mol. The molecule has 0 spiro atoms. The van der Waals surface area contributed by atoms with Gasteiger partial charge in [0.25, 0.3) is 5.69 Å². The van der Waals surface area contributed by atoms with Gasteiger partial charge in [-0.3, -0.25) is 10.1 Å². The molecule has 1 N–H and O–H groups in total. The highest BCUT2D eigenvalue weighted by atomic mass is 16.6. The summed E-state index contributed by atoms with van der Waals surface area (Å²) in [4.78, 5) is 10.5. The summed E-state index contributed by atoms with van der Waals surface area (Å²) in [5, 5.41) is 14.0. The van der Waals surface area contributed by atoms with Crippen LogP contribution in [0.4, 0.5) is 11.4 Å². The van der Waals surface area contributed by atoms with Gasteiger partial charge in [0.2, 0.25) is 0 Å². The lowest BCUT2D eigenvalue weighted by Crippen LogP contribution is -2.06. The standard InChI is InChI=1S/C12H18N2O3/c1-10-6-5-7-11(14(15)16)12(10)13-8-3-4-9-17-2/h5-7,13H,3-4,8-9H2,1-2H3. The zero-order valence-electron chi connectivity index (χ0n) is 10.2. The van der Waals surface area contributed by atoms with E-state index in [2.05, 4.69) is 5.32 Å². The maximum absolute atomic E-state index is 10.9. The number of unbranched alkanes of at least 4 members (excludes halogenated alkanes) is 1. The molecule has 0 unspecified atom stereocenters. The van der Waals surface area contributed by atoms with Gasteiger partial charge in [-0.2, -0.15) is 0 Å². The van der Waals surface area contributed by atoms with E-state index >= 15 is 0 Å². The Balaban J connectivity index is 2.60. The van der Waals surface area contributed by atoms with Crippen molar-refractivity contribution in [1.29, 1.82) is 0 Å². The fourth-order valence-corrected chi connectivity index (χ4v) is 1.62. The van der Waals surface area contributed by atoms with Crippen LogP contribution in [0.25, 0.3) is 0 Å². The van der Waals surface area contributed by atoms with Crippen LogP contribution < -0.4 is 5.32 Å². The van der Waals surface area contributed by atoms with Crippen LogP contribution in [-0.2, 0) is 4.74 Å². The fraction of sp³-hybridized carbons (Fsp3) is 0.500. The van der Waals surface area contributed by atoms with Crippen molar-refractivity contribution in [3.05, 3.63) is 33.9 Å². The molecule has 17 heavy (non-hydrogen) atoms. The molecule has 1 aromatic carbocycles. The molecule has 94 valence electrons. The second-order valence-electron chi connectivity index (χ2n) is 3.85. The van der Waals surface area contributed by atoms with Crippen molar-refractivity contribution < 1.29 is 9.66 Å². The Morgan fingerprint density at radius 2 is 2.18 bits per heavy atom. The molecule has 0 aromatic heterocycles. The van der Waals surface area contributed by atoms with Crippen LogP contribution in [0.5, 0.6) is 0 Å². The number of para-hydroxylation sites is 1. The molecule has 0 fully saturated rings. The number of nitro benzene ring substituents is 1. The number of hydrogen-bond donors (Lipinski definition) is 1. The first-order valence-corrected chi connectivity index (χ1v) is 5.63. The zero-order valence-corrected chi connectivity index (χ0v) is 10.2. The van der Waals surface area contributed by atoms with Crippen LogP contribution in [0, 0.1) is 17.0 Å². The van der Waals surface area contributed by atoms with Crippen LogP contribution in [0.3, 0.4) is 0 Å². The summed E-state index contributed by atoms with van der Waals surface area (Å²) in [6, 6.07) is 5.08. The van der Waals surface area contributed by atoms with Crippen molar-refractivity contribution in [3.8, 4) is 0 Å². The molecule has 0 aliphatic rings. The van der Waals surface area contributed by atoms with Crippen LogP contribution in [0.15, 0.2) is 18.2 Å². The summed E-state index contributed by atoms with van der Waals surface area (Å²) in [6.45, 7) is 3.30. The molecule has 1 rings (SSSR count). The highest BCUT2D eigenvalue weighted by Crippen LogP contribution is 2.27. The highest BCUT2D eigenvalue weighted by Gasteiger charge is 2.14. The second-order valence-corrected chi connectivity index (χ2v) is 3.85. The van der Waals surface area contributed by atoms with Crippen molar-refractivity contribution in [3.63, 3.8) is 0 Å². The Morgan fingerprint density at radius 1 is 1.41 bits per heavy atom. The maximum Gasteiger partial charge on any atom is 0.292 e. The van der Waals surface area contributed by atoms with Gasteiger partial charge in [-0.15, -0.1) is 0 Å². The molecule has 1 aromatic rings. The van der Waals surface area contributed by atoms with Crippen LogP contribution in [0.1, 0.15) is 18.4 Å². The van der Waals surface area contributed by atoms with E-state index in [0.29, 0.717) is 5.69 Å². The lowest BCUT2D eigenvalue weighted by molar-refractivity contribution is -0.384. The minimum atomic E-state index is -0.357. The van der Waals surface area contributed by atoms with E-state index < -0.39 is 0 Å². The third-order valence-electron chi connectivity index (χ3n) is 2.52. The van der Waals surface area contributed by atoms with E-state index in [4.69, 9.17) is 4.74 Å². The SMILES string of the molecule is COCCCCNc1c(C)cccc1[N+](=O)[O-]. The summed E-state index contributed by atoms with van der Waals surface area (Å²) in [5.41, 5.74) is 1.65. The van der Waals surface area contributed by atoms with Crippen molar-refractivity contribution in [2.75, 3.05) is 25.6 Å². The molecule has 0 aliphatic carbocycles. The first kappa shape index (κ1) is 13.4. The number of ether oxygens (including phenoxy) is 1. The predicted octanol–water partition coefficient (Wildman–Crippen LogP) is 2.74. The number of nitro groups is 1. The van der Waals surface area contributed by atoms with E-state index in [0.717, 1.165) is 31.6 Å². The number of nitrogens with one attached hydrogen (secondary N) is 1. The fourth-order valence-electron chi connectivity index (χ4n) is 1.62. The molecule has 0 amide bonds. The third kappa shape index (κ3) is 4.03. The minimum absolute atomic E-state index is 0.136. The predicted molar refractivity (Wildman–Crippen MR) is 67.4 cm³/mol. The van der Waals surface area contributed by atoms with Gasteiger partial charge in [0, 0.05) is 26.3 Å². The van der Waals surface area contributed by atoms with E-state index in [1.54, 1.807) is 13.2 Å². The molecule has 0 bridgehead atoms. The van der Waals surface area contributed by atoms with Crippen molar-refractivity contribution in [2.24, 2.45) is 0 Å². The van der Waals surface area contributed by atoms with Crippen LogP contribution in [0.2, 0.25) is 0 Å². The van der Waals surface area contributed by atoms with Gasteiger partial charge in [0.05, 0.1) is 4.92 Å². The van der Waals surface area contributed by atoms with Gasteiger partial charge in [-0.1, -0.05) is 12.1 Å². The number of methoxy groups -OCH3 is 1. The number of anilines is 1. The van der Waals surface area contributed by atoms with Gasteiger partial charge >= 0.3 is 0 Å².